The molecule has 0 saturated heterocycles. The summed E-state index contributed by atoms with van der Waals surface area (Å²) < 4.78 is 40.2. The molecule has 2 aromatic carbocycles. The number of nitrogens with one attached hydrogen (secondary N) is 2. The van der Waals surface area contributed by atoms with Crippen molar-refractivity contribution in [2.75, 3.05) is 6.54 Å². The van der Waals surface area contributed by atoms with Crippen LogP contribution in [0.5, 0.6) is 0 Å². The highest BCUT2D eigenvalue weighted by Gasteiger charge is 2.16. The quantitative estimate of drug-likeness (QED) is 0.658. The molecule has 0 radical (unpaired) electrons. The lowest BCUT2D eigenvalue weighted by Gasteiger charge is -2.09. The first-order valence-corrected chi connectivity index (χ1v) is 10.0. The van der Waals surface area contributed by atoms with E-state index in [4.69, 9.17) is 0 Å². The predicted molar refractivity (Wildman–Crippen MR) is 98.7 cm³/mol. The summed E-state index contributed by atoms with van der Waals surface area (Å²) in [6.45, 7) is 2.68. The fourth-order valence-electron chi connectivity index (χ4n) is 2.35. The van der Waals surface area contributed by atoms with Crippen LogP contribution in [0.1, 0.15) is 42.1 Å². The Morgan fingerprint density at radius 3 is 2.50 bits per heavy atom. The summed E-state index contributed by atoms with van der Waals surface area (Å²) in [5.74, 6) is -0.675. The summed E-state index contributed by atoms with van der Waals surface area (Å²) in [5.41, 5.74) is 0.936. The van der Waals surface area contributed by atoms with Gasteiger partial charge in [0, 0.05) is 18.7 Å². The van der Waals surface area contributed by atoms with Gasteiger partial charge in [-0.05, 0) is 42.3 Å². The molecular formula is C19H23FN2O3S. The number of hydrogen-bond donors (Lipinski definition) is 2. The number of sulfonamides is 1. The fourth-order valence-corrected chi connectivity index (χ4v) is 3.41. The van der Waals surface area contributed by atoms with Crippen LogP contribution >= 0.6 is 0 Å². The molecule has 0 saturated carbocycles. The molecule has 0 aliphatic rings. The summed E-state index contributed by atoms with van der Waals surface area (Å²) in [6, 6.07) is 11.5. The predicted octanol–water partition coefficient (Wildman–Crippen LogP) is 3.22. The summed E-state index contributed by atoms with van der Waals surface area (Å²) in [5, 5.41) is 2.79. The lowest BCUT2D eigenvalue weighted by Crippen LogP contribution is -2.26. The van der Waals surface area contributed by atoms with Crippen molar-refractivity contribution in [2.45, 2.75) is 37.6 Å². The Hall–Kier alpha value is -2.25. The van der Waals surface area contributed by atoms with Crippen LogP contribution in [0.25, 0.3) is 0 Å². The van der Waals surface area contributed by atoms with Crippen LogP contribution in [0.4, 0.5) is 4.39 Å². The van der Waals surface area contributed by atoms with Crippen LogP contribution in [-0.2, 0) is 16.6 Å². The van der Waals surface area contributed by atoms with Gasteiger partial charge in [-0.25, -0.2) is 17.5 Å². The maximum atomic E-state index is 12.9. The average Bonchev–Trinajstić information content (AvgIpc) is 2.65. The number of halogens is 1. The van der Waals surface area contributed by atoms with Gasteiger partial charge in [0.25, 0.3) is 5.91 Å². The average molecular weight is 378 g/mol. The maximum Gasteiger partial charge on any atom is 0.251 e. The van der Waals surface area contributed by atoms with Crippen LogP contribution in [0.2, 0.25) is 0 Å². The van der Waals surface area contributed by atoms with E-state index < -0.39 is 10.0 Å². The number of unbranched alkanes of at least 4 members (excludes halogenated alkanes) is 2. The third-order valence-electron chi connectivity index (χ3n) is 3.85. The SMILES string of the molecule is CCCCCNC(=O)c1cccc(S(=O)(=O)NCc2ccc(F)cc2)c1. The molecule has 2 N–H and O–H groups in total. The standard InChI is InChI=1S/C19H23FN2O3S/c1-2-3-4-12-21-19(23)16-6-5-7-18(13-16)26(24,25)22-14-15-8-10-17(20)11-9-15/h5-11,13,22H,2-4,12,14H2,1H3,(H,21,23). The number of benzene rings is 2. The topological polar surface area (TPSA) is 75.3 Å². The van der Waals surface area contributed by atoms with E-state index >= 15 is 0 Å². The van der Waals surface area contributed by atoms with Crippen molar-refractivity contribution in [3.8, 4) is 0 Å². The van der Waals surface area contributed by atoms with Crippen LogP contribution in [0.15, 0.2) is 53.4 Å². The van der Waals surface area contributed by atoms with Crippen LogP contribution in [0.3, 0.4) is 0 Å². The Balaban J connectivity index is 2.02. The Morgan fingerprint density at radius 2 is 1.81 bits per heavy atom. The fraction of sp³-hybridized carbons (Fsp3) is 0.316. The molecule has 0 aliphatic carbocycles. The summed E-state index contributed by atoms with van der Waals surface area (Å²) in [7, 11) is -3.78. The van der Waals surface area contributed by atoms with E-state index in [-0.39, 0.29) is 23.2 Å². The van der Waals surface area contributed by atoms with Gasteiger partial charge in [-0.3, -0.25) is 4.79 Å². The second-order valence-corrected chi connectivity index (χ2v) is 7.71. The van der Waals surface area contributed by atoms with Gasteiger partial charge in [0.2, 0.25) is 10.0 Å². The molecule has 2 aromatic rings. The molecule has 5 nitrogen and oxygen atoms in total. The molecule has 7 heteroatoms. The third kappa shape index (κ3) is 5.93. The summed E-state index contributed by atoms with van der Waals surface area (Å²) >= 11 is 0. The molecular weight excluding hydrogens is 355 g/mol. The van der Waals surface area contributed by atoms with E-state index in [1.165, 1.54) is 42.5 Å². The van der Waals surface area contributed by atoms with Crippen molar-refractivity contribution in [2.24, 2.45) is 0 Å². The molecule has 2 rings (SSSR count). The van der Waals surface area contributed by atoms with E-state index in [1.54, 1.807) is 6.07 Å². The Kier molecular flexibility index (Phi) is 7.29. The number of hydrogen-bond acceptors (Lipinski definition) is 3. The minimum atomic E-state index is -3.78. The molecule has 0 spiro atoms. The zero-order chi connectivity index (χ0) is 19.0. The van der Waals surface area contributed by atoms with Crippen molar-refractivity contribution in [1.29, 1.82) is 0 Å². The van der Waals surface area contributed by atoms with E-state index in [1.807, 2.05) is 0 Å². The number of carbonyl (C=O) groups is 1. The summed E-state index contributed by atoms with van der Waals surface area (Å²) in [6.07, 6.45) is 2.98. The first-order chi connectivity index (χ1) is 12.4. The zero-order valence-electron chi connectivity index (χ0n) is 14.7. The Morgan fingerprint density at radius 1 is 1.08 bits per heavy atom. The number of carbonyl (C=O) groups excluding carboxylic acids is 1. The van der Waals surface area contributed by atoms with Crippen molar-refractivity contribution in [3.63, 3.8) is 0 Å². The van der Waals surface area contributed by atoms with Gasteiger partial charge in [-0.2, -0.15) is 0 Å². The second-order valence-electron chi connectivity index (χ2n) is 5.94. The Labute approximate surface area is 153 Å². The first kappa shape index (κ1) is 20.1. The van der Waals surface area contributed by atoms with E-state index in [2.05, 4.69) is 17.0 Å². The van der Waals surface area contributed by atoms with Gasteiger partial charge in [0.05, 0.1) is 4.90 Å². The molecule has 0 bridgehead atoms. The molecule has 0 atom stereocenters. The molecule has 0 heterocycles. The maximum absolute atomic E-state index is 12.9. The highest BCUT2D eigenvalue weighted by Crippen LogP contribution is 2.13. The largest absolute Gasteiger partial charge is 0.352 e. The minimum Gasteiger partial charge on any atom is -0.352 e. The third-order valence-corrected chi connectivity index (χ3v) is 5.25. The van der Waals surface area contributed by atoms with Crippen molar-refractivity contribution >= 4 is 15.9 Å². The van der Waals surface area contributed by atoms with Gasteiger partial charge >= 0.3 is 0 Å². The monoisotopic (exact) mass is 378 g/mol. The Bertz CT molecular complexity index is 836. The number of amides is 1. The normalized spacial score (nSPS) is 11.3. The van der Waals surface area contributed by atoms with Crippen molar-refractivity contribution < 1.29 is 17.6 Å². The minimum absolute atomic E-state index is 0.0146. The molecule has 0 unspecified atom stereocenters. The van der Waals surface area contributed by atoms with Crippen molar-refractivity contribution in [3.05, 3.63) is 65.5 Å². The van der Waals surface area contributed by atoms with E-state index in [0.29, 0.717) is 17.7 Å². The highest BCUT2D eigenvalue weighted by atomic mass is 32.2. The van der Waals surface area contributed by atoms with Crippen LogP contribution in [0, 0.1) is 5.82 Å². The highest BCUT2D eigenvalue weighted by molar-refractivity contribution is 7.89. The molecule has 0 aromatic heterocycles. The second kappa shape index (κ2) is 9.45. The number of rotatable bonds is 9. The summed E-state index contributed by atoms with van der Waals surface area (Å²) in [4.78, 5) is 12.2. The lowest BCUT2D eigenvalue weighted by atomic mass is 10.2. The van der Waals surface area contributed by atoms with Crippen LogP contribution in [-0.4, -0.2) is 20.9 Å². The van der Waals surface area contributed by atoms with Gasteiger partial charge in [0.1, 0.15) is 5.82 Å². The van der Waals surface area contributed by atoms with Gasteiger partial charge in [-0.1, -0.05) is 38.0 Å². The van der Waals surface area contributed by atoms with E-state index in [9.17, 15) is 17.6 Å². The zero-order valence-corrected chi connectivity index (χ0v) is 15.5. The first-order valence-electron chi connectivity index (χ1n) is 8.55. The van der Waals surface area contributed by atoms with E-state index in [0.717, 1.165) is 19.3 Å². The molecule has 26 heavy (non-hydrogen) atoms. The molecule has 1 amide bonds. The van der Waals surface area contributed by atoms with Crippen molar-refractivity contribution in [1.82, 2.24) is 10.0 Å². The molecule has 140 valence electrons. The van der Waals surface area contributed by atoms with Gasteiger partial charge < -0.3 is 5.32 Å². The van der Waals surface area contributed by atoms with Gasteiger partial charge in [-0.15, -0.1) is 0 Å². The molecule has 0 fully saturated rings. The molecule has 0 aliphatic heterocycles. The lowest BCUT2D eigenvalue weighted by molar-refractivity contribution is 0.0952. The smallest absolute Gasteiger partial charge is 0.251 e. The van der Waals surface area contributed by atoms with Gasteiger partial charge in [0.15, 0.2) is 0 Å². The van der Waals surface area contributed by atoms with Crippen LogP contribution < -0.4 is 10.0 Å².